The van der Waals surface area contributed by atoms with Gasteiger partial charge in [-0.3, -0.25) is 25.4 Å². The minimum atomic E-state index is -1.91. The van der Waals surface area contributed by atoms with Gasteiger partial charge in [-0.15, -0.1) is 0 Å². The number of hydrogen-bond donors (Lipinski definition) is 12. The molecule has 0 bridgehead atoms. The Morgan fingerprint density at radius 2 is 1.56 bits per heavy atom. The molecule has 0 fully saturated rings. The van der Waals surface area contributed by atoms with E-state index < -0.39 is 62.6 Å². The second-order valence-corrected chi connectivity index (χ2v) is 7.33. The Labute approximate surface area is 197 Å². The minimum absolute atomic E-state index is 0.0270. The van der Waals surface area contributed by atoms with Crippen molar-refractivity contribution in [3.8, 4) is 0 Å². The molecule has 34 heavy (non-hydrogen) atoms. The number of aliphatic hydroxyl groups excluding tert-OH is 6. The third-order valence-corrected chi connectivity index (χ3v) is 4.63. The van der Waals surface area contributed by atoms with E-state index in [2.05, 4.69) is 15.5 Å². The van der Waals surface area contributed by atoms with Gasteiger partial charge < -0.3 is 51.1 Å². The molecule has 17 heteroatoms. The van der Waals surface area contributed by atoms with Crippen LogP contribution in [0.15, 0.2) is 0 Å². The molecule has 16 nitrogen and oxygen atoms in total. The first-order valence-corrected chi connectivity index (χ1v) is 10.5. The lowest BCUT2D eigenvalue weighted by molar-refractivity contribution is -0.312. The highest BCUT2D eigenvalue weighted by atomic mass is 17.1. The molecule has 0 heterocycles. The summed E-state index contributed by atoms with van der Waals surface area (Å²) in [6.45, 7) is 0.908. The van der Waals surface area contributed by atoms with E-state index in [0.29, 0.717) is 0 Å². The molecule has 0 aliphatic carbocycles. The number of carbonyl (C=O) groups excluding carboxylic acids is 2. The third kappa shape index (κ3) is 15.4. The zero-order chi connectivity index (χ0) is 26.7. The summed E-state index contributed by atoms with van der Waals surface area (Å²) in [4.78, 5) is 29.2. The fourth-order valence-corrected chi connectivity index (χ4v) is 2.79. The fraction of sp³-hybridized carbons (Fsp3) is 0.882. The Morgan fingerprint density at radius 1 is 1.00 bits per heavy atom. The third-order valence-electron chi connectivity index (χ3n) is 4.63. The molecule has 0 radical (unpaired) electrons. The normalized spacial score (nSPS) is 15.4. The lowest BCUT2D eigenvalue weighted by atomic mass is 9.85. The van der Waals surface area contributed by atoms with Crippen LogP contribution in [0.3, 0.4) is 0 Å². The van der Waals surface area contributed by atoms with Crippen molar-refractivity contribution < 1.29 is 65.9 Å². The highest BCUT2D eigenvalue weighted by Gasteiger charge is 2.33. The SMILES string of the molecule is CB(O)N(CCNC(=O)C[C@@H](O)C[C@H](O)CO)CCNC(=O)[C@H](O)[C@@H](OO)[C@H](O)CCO.OO. The maximum Gasteiger partial charge on any atom is 0.376 e. The summed E-state index contributed by atoms with van der Waals surface area (Å²) < 4.78 is 0. The van der Waals surface area contributed by atoms with Gasteiger partial charge in [0.15, 0.2) is 12.2 Å². The zero-order valence-electron chi connectivity index (χ0n) is 19.0. The Morgan fingerprint density at radius 3 is 2.03 bits per heavy atom. The summed E-state index contributed by atoms with van der Waals surface area (Å²) in [5.41, 5.74) is 0. The first kappa shape index (κ1) is 34.7. The van der Waals surface area contributed by atoms with Crippen LogP contribution < -0.4 is 10.6 Å². The van der Waals surface area contributed by atoms with Crippen LogP contribution in [0.4, 0.5) is 0 Å². The molecule has 0 unspecified atom stereocenters. The number of aliphatic hydroxyl groups is 6. The quantitative estimate of drug-likeness (QED) is 0.0475. The van der Waals surface area contributed by atoms with Crippen molar-refractivity contribution >= 4 is 18.9 Å². The van der Waals surface area contributed by atoms with Gasteiger partial charge in [0.1, 0.15) is 0 Å². The number of amides is 2. The van der Waals surface area contributed by atoms with Crippen LogP contribution in [0.25, 0.3) is 0 Å². The van der Waals surface area contributed by atoms with E-state index in [1.54, 1.807) is 0 Å². The second kappa shape index (κ2) is 20.9. The molecule has 0 rings (SSSR count). The molecule has 0 saturated carbocycles. The number of nitrogens with one attached hydrogen (secondary N) is 2. The number of rotatable bonds is 18. The van der Waals surface area contributed by atoms with Gasteiger partial charge in [0, 0.05) is 39.2 Å². The van der Waals surface area contributed by atoms with Gasteiger partial charge in [-0.2, -0.15) is 0 Å². The van der Waals surface area contributed by atoms with E-state index in [4.69, 9.17) is 26.0 Å². The molecule has 12 N–H and O–H groups in total. The van der Waals surface area contributed by atoms with Crippen LogP contribution in [0.5, 0.6) is 0 Å². The van der Waals surface area contributed by atoms with E-state index in [1.165, 1.54) is 11.6 Å². The van der Waals surface area contributed by atoms with Gasteiger partial charge in [0.2, 0.25) is 5.91 Å². The van der Waals surface area contributed by atoms with Gasteiger partial charge in [0.05, 0.1) is 31.3 Å². The lowest BCUT2D eigenvalue weighted by Gasteiger charge is -2.25. The maximum atomic E-state index is 12.0. The molecule has 2 amide bonds. The number of nitrogens with zero attached hydrogens (tertiary/aromatic N) is 1. The Bertz CT molecular complexity index is 535. The zero-order valence-corrected chi connectivity index (χ0v) is 19.0. The summed E-state index contributed by atoms with van der Waals surface area (Å²) in [6, 6.07) is 0. The van der Waals surface area contributed by atoms with Gasteiger partial charge in [-0.1, -0.05) is 0 Å². The molecule has 0 aromatic rings. The van der Waals surface area contributed by atoms with Crippen molar-refractivity contribution in [2.24, 2.45) is 0 Å². The molecule has 0 aliphatic rings. The minimum Gasteiger partial charge on any atom is -0.437 e. The monoisotopic (exact) mass is 503 g/mol. The summed E-state index contributed by atoms with van der Waals surface area (Å²) in [5.74, 6) is -1.43. The molecule has 0 saturated heterocycles. The fourth-order valence-electron chi connectivity index (χ4n) is 2.79. The van der Waals surface area contributed by atoms with Crippen LogP contribution in [0, 0.1) is 0 Å². The number of carbonyl (C=O) groups is 2. The van der Waals surface area contributed by atoms with Crippen molar-refractivity contribution in [2.45, 2.75) is 56.6 Å². The van der Waals surface area contributed by atoms with Crippen molar-refractivity contribution in [2.75, 3.05) is 39.4 Å². The van der Waals surface area contributed by atoms with Crippen molar-refractivity contribution in [3.63, 3.8) is 0 Å². The van der Waals surface area contributed by atoms with Crippen molar-refractivity contribution in [1.82, 2.24) is 15.4 Å². The van der Waals surface area contributed by atoms with Crippen molar-refractivity contribution in [1.29, 1.82) is 0 Å². The van der Waals surface area contributed by atoms with Gasteiger partial charge >= 0.3 is 7.05 Å². The molecule has 0 aromatic heterocycles. The predicted octanol–water partition coefficient (Wildman–Crippen LogP) is -4.89. The summed E-state index contributed by atoms with van der Waals surface area (Å²) in [6.07, 6.45) is -7.91. The van der Waals surface area contributed by atoms with Crippen LogP contribution in [-0.2, 0) is 14.5 Å². The molecule has 202 valence electrons. The van der Waals surface area contributed by atoms with Crippen LogP contribution in [0.1, 0.15) is 19.3 Å². The predicted molar refractivity (Wildman–Crippen MR) is 116 cm³/mol. The van der Waals surface area contributed by atoms with Crippen LogP contribution >= 0.6 is 0 Å². The van der Waals surface area contributed by atoms with Crippen molar-refractivity contribution in [3.05, 3.63) is 0 Å². The summed E-state index contributed by atoms with van der Waals surface area (Å²) in [5, 5.41) is 91.5. The van der Waals surface area contributed by atoms with Gasteiger partial charge in [-0.25, -0.2) is 4.89 Å². The molecule has 0 spiro atoms. The van der Waals surface area contributed by atoms with Gasteiger partial charge in [-0.05, 0) is 13.2 Å². The average molecular weight is 503 g/mol. The smallest absolute Gasteiger partial charge is 0.376 e. The molecule has 0 aliphatic heterocycles. The standard InChI is InChI=1S/C17H36BN3O11.H2O2/c1-18(30)21(5-3-19-14(27)9-11(24)8-12(25)10-23)6-4-20-17(29)15(28)16(32-31)13(26)2-7-22;1-2/h11-13,15-16,22-26,28,30-31H,2-10H2,1H3,(H,19,27)(H,20,29);1-2H/t11-,12-,13+,15+,16-;/m0./s1. The van der Waals surface area contributed by atoms with Gasteiger partial charge in [0.25, 0.3) is 5.91 Å². The highest BCUT2D eigenvalue weighted by Crippen LogP contribution is 2.08. The Kier molecular flexibility index (Phi) is 21.3. The Hall–Kier alpha value is -1.48. The maximum absolute atomic E-state index is 12.0. The van der Waals surface area contributed by atoms with Crippen LogP contribution in [0.2, 0.25) is 6.82 Å². The molecule has 5 atom stereocenters. The first-order chi connectivity index (χ1) is 16.1. The molecule has 0 aromatic carbocycles. The van der Waals surface area contributed by atoms with Crippen LogP contribution in [-0.4, -0.2) is 145 Å². The Balaban J connectivity index is 0. The topological polar surface area (TPSA) is 273 Å². The highest BCUT2D eigenvalue weighted by molar-refractivity contribution is 6.45. The second-order valence-electron chi connectivity index (χ2n) is 7.33. The van der Waals surface area contributed by atoms with E-state index in [-0.39, 0.29) is 45.4 Å². The summed E-state index contributed by atoms with van der Waals surface area (Å²) in [7, 11) is -0.932. The summed E-state index contributed by atoms with van der Waals surface area (Å²) >= 11 is 0. The van der Waals surface area contributed by atoms with E-state index in [9.17, 15) is 35.0 Å². The molecular formula is C17H38BN3O13. The molecular weight excluding hydrogens is 465 g/mol. The number of hydrogen-bond acceptors (Lipinski definition) is 14. The van der Waals surface area contributed by atoms with E-state index in [1.807, 2.05) is 0 Å². The largest absolute Gasteiger partial charge is 0.437 e. The van der Waals surface area contributed by atoms with E-state index >= 15 is 0 Å². The van der Waals surface area contributed by atoms with E-state index in [0.717, 1.165) is 0 Å². The lowest BCUT2D eigenvalue weighted by Crippen LogP contribution is -2.51. The first-order valence-electron chi connectivity index (χ1n) is 10.5. The average Bonchev–Trinajstić information content (AvgIpc) is 2.79.